The van der Waals surface area contributed by atoms with E-state index in [-0.39, 0.29) is 11.9 Å². The molecule has 3 rings (SSSR count). The van der Waals surface area contributed by atoms with Gasteiger partial charge in [-0.05, 0) is 56.9 Å². The molecule has 1 aromatic carbocycles. The number of hydrogen-bond donors (Lipinski definition) is 1. The zero-order chi connectivity index (χ0) is 17.8. The highest BCUT2D eigenvalue weighted by atomic mass is 16.1. The van der Waals surface area contributed by atoms with Crippen LogP contribution in [0.5, 0.6) is 0 Å². The number of nitrogens with one attached hydrogen (secondary N) is 1. The fourth-order valence-electron chi connectivity index (χ4n) is 3.45. The lowest BCUT2D eigenvalue weighted by Gasteiger charge is -2.32. The molecule has 0 aliphatic carbocycles. The molecule has 1 fully saturated rings. The number of aromatic nitrogens is 1. The fourth-order valence-corrected chi connectivity index (χ4v) is 3.45. The molecule has 0 radical (unpaired) electrons. The van der Waals surface area contributed by atoms with E-state index in [2.05, 4.69) is 46.4 Å². The summed E-state index contributed by atoms with van der Waals surface area (Å²) in [6.07, 6.45) is 1.99. The van der Waals surface area contributed by atoms with Crippen LogP contribution in [0.3, 0.4) is 0 Å². The third-order valence-corrected chi connectivity index (χ3v) is 5.05. The van der Waals surface area contributed by atoms with Gasteiger partial charge in [0.1, 0.15) is 0 Å². The molecule has 1 aliphatic rings. The molecule has 25 heavy (non-hydrogen) atoms. The largest absolute Gasteiger partial charge is 0.349 e. The molecule has 1 amide bonds. The third kappa shape index (κ3) is 4.45. The SMILES string of the molecule is Cc1ccc(C(=O)NC2CCN(Cc3ccccc3C)CC2)c(C)n1. The highest BCUT2D eigenvalue weighted by Gasteiger charge is 2.22. The number of carbonyl (C=O) groups excluding carboxylic acids is 1. The first kappa shape index (κ1) is 17.6. The van der Waals surface area contributed by atoms with E-state index in [0.29, 0.717) is 5.56 Å². The quantitative estimate of drug-likeness (QED) is 0.930. The van der Waals surface area contributed by atoms with Crippen molar-refractivity contribution in [2.45, 2.75) is 46.2 Å². The maximum atomic E-state index is 12.5. The molecule has 2 aromatic rings. The summed E-state index contributed by atoms with van der Waals surface area (Å²) in [7, 11) is 0. The Morgan fingerprint density at radius 2 is 1.84 bits per heavy atom. The first-order chi connectivity index (χ1) is 12.0. The van der Waals surface area contributed by atoms with Crippen LogP contribution in [-0.4, -0.2) is 34.9 Å². The normalized spacial score (nSPS) is 16.0. The van der Waals surface area contributed by atoms with Crippen LogP contribution in [0.4, 0.5) is 0 Å². The second kappa shape index (κ2) is 7.79. The standard InChI is InChI=1S/C21H27N3O/c1-15-6-4-5-7-18(15)14-24-12-10-19(11-13-24)23-21(25)20-9-8-16(2)22-17(20)3/h4-9,19H,10-14H2,1-3H3,(H,23,25). The minimum atomic E-state index is 0.00218. The van der Waals surface area contributed by atoms with Crippen LogP contribution in [0.15, 0.2) is 36.4 Å². The summed E-state index contributed by atoms with van der Waals surface area (Å²) >= 11 is 0. The number of aryl methyl sites for hydroxylation is 3. The van der Waals surface area contributed by atoms with Crippen LogP contribution in [0.1, 0.15) is 45.7 Å². The maximum Gasteiger partial charge on any atom is 0.253 e. The molecule has 0 spiro atoms. The van der Waals surface area contributed by atoms with E-state index in [4.69, 9.17) is 0 Å². The summed E-state index contributed by atoms with van der Waals surface area (Å²) in [6.45, 7) is 9.04. The van der Waals surface area contributed by atoms with Gasteiger partial charge in [0.05, 0.1) is 11.3 Å². The van der Waals surface area contributed by atoms with E-state index in [9.17, 15) is 4.79 Å². The molecule has 1 aliphatic heterocycles. The average Bonchev–Trinajstić information content (AvgIpc) is 2.58. The number of rotatable bonds is 4. The lowest BCUT2D eigenvalue weighted by molar-refractivity contribution is 0.0908. The predicted molar refractivity (Wildman–Crippen MR) is 101 cm³/mol. The zero-order valence-electron chi connectivity index (χ0n) is 15.4. The maximum absolute atomic E-state index is 12.5. The van der Waals surface area contributed by atoms with Crippen molar-refractivity contribution in [3.63, 3.8) is 0 Å². The van der Waals surface area contributed by atoms with Crippen molar-refractivity contribution in [3.8, 4) is 0 Å². The van der Waals surface area contributed by atoms with Gasteiger partial charge in [-0.25, -0.2) is 0 Å². The first-order valence-corrected chi connectivity index (χ1v) is 9.05. The van der Waals surface area contributed by atoms with Crippen LogP contribution in [0.25, 0.3) is 0 Å². The van der Waals surface area contributed by atoms with E-state index < -0.39 is 0 Å². The summed E-state index contributed by atoms with van der Waals surface area (Å²) in [5.74, 6) is 0.00218. The highest BCUT2D eigenvalue weighted by molar-refractivity contribution is 5.95. The molecule has 0 saturated carbocycles. The van der Waals surface area contributed by atoms with Crippen LogP contribution in [0, 0.1) is 20.8 Å². The molecule has 1 aromatic heterocycles. The van der Waals surface area contributed by atoms with Gasteiger partial charge in [-0.15, -0.1) is 0 Å². The monoisotopic (exact) mass is 337 g/mol. The van der Waals surface area contributed by atoms with Gasteiger partial charge in [-0.3, -0.25) is 14.7 Å². The second-order valence-electron chi connectivity index (χ2n) is 7.04. The van der Waals surface area contributed by atoms with Crippen molar-refractivity contribution in [1.82, 2.24) is 15.2 Å². The lowest BCUT2D eigenvalue weighted by atomic mass is 10.0. The van der Waals surface area contributed by atoms with Crippen molar-refractivity contribution >= 4 is 5.91 Å². The number of carbonyl (C=O) groups is 1. The summed E-state index contributed by atoms with van der Waals surface area (Å²) in [4.78, 5) is 19.4. The summed E-state index contributed by atoms with van der Waals surface area (Å²) in [6, 6.07) is 12.6. The number of likely N-dealkylation sites (tertiary alicyclic amines) is 1. The van der Waals surface area contributed by atoms with Gasteiger partial charge in [0.25, 0.3) is 5.91 Å². The Balaban J connectivity index is 1.52. The Hall–Kier alpha value is -2.20. The van der Waals surface area contributed by atoms with Crippen LogP contribution < -0.4 is 5.32 Å². The van der Waals surface area contributed by atoms with Crippen LogP contribution >= 0.6 is 0 Å². The number of hydrogen-bond acceptors (Lipinski definition) is 3. The highest BCUT2D eigenvalue weighted by Crippen LogP contribution is 2.17. The van der Waals surface area contributed by atoms with E-state index in [1.807, 2.05) is 26.0 Å². The minimum absolute atomic E-state index is 0.00218. The van der Waals surface area contributed by atoms with Gasteiger partial charge >= 0.3 is 0 Å². The number of amides is 1. The van der Waals surface area contributed by atoms with Crippen molar-refractivity contribution in [1.29, 1.82) is 0 Å². The lowest BCUT2D eigenvalue weighted by Crippen LogP contribution is -2.44. The zero-order valence-corrected chi connectivity index (χ0v) is 15.4. The molecule has 132 valence electrons. The van der Waals surface area contributed by atoms with Crippen molar-refractivity contribution in [2.75, 3.05) is 13.1 Å². The van der Waals surface area contributed by atoms with Crippen LogP contribution in [-0.2, 0) is 6.54 Å². The molecule has 0 bridgehead atoms. The molecular formula is C21H27N3O. The van der Waals surface area contributed by atoms with Gasteiger partial charge in [0.2, 0.25) is 0 Å². The number of benzene rings is 1. The molecule has 2 heterocycles. The molecular weight excluding hydrogens is 310 g/mol. The van der Waals surface area contributed by atoms with Crippen molar-refractivity contribution in [3.05, 3.63) is 64.5 Å². The molecule has 4 heteroatoms. The topological polar surface area (TPSA) is 45.2 Å². The Morgan fingerprint density at radius 3 is 2.52 bits per heavy atom. The van der Waals surface area contributed by atoms with E-state index >= 15 is 0 Å². The van der Waals surface area contributed by atoms with E-state index in [1.54, 1.807) is 0 Å². The Labute approximate surface area is 150 Å². The Bertz CT molecular complexity index is 749. The number of nitrogens with zero attached hydrogens (tertiary/aromatic N) is 2. The number of pyridine rings is 1. The molecule has 0 unspecified atom stereocenters. The predicted octanol–water partition coefficient (Wildman–Crippen LogP) is 3.40. The third-order valence-electron chi connectivity index (χ3n) is 5.05. The van der Waals surface area contributed by atoms with Gasteiger partial charge < -0.3 is 5.32 Å². The Kier molecular flexibility index (Phi) is 5.49. The average molecular weight is 337 g/mol. The first-order valence-electron chi connectivity index (χ1n) is 9.05. The minimum Gasteiger partial charge on any atom is -0.349 e. The van der Waals surface area contributed by atoms with Gasteiger partial charge in [0.15, 0.2) is 0 Å². The summed E-state index contributed by atoms with van der Waals surface area (Å²) in [5.41, 5.74) is 5.17. The van der Waals surface area contributed by atoms with Gasteiger partial charge in [-0.1, -0.05) is 24.3 Å². The van der Waals surface area contributed by atoms with Crippen LogP contribution in [0.2, 0.25) is 0 Å². The Morgan fingerprint density at radius 1 is 1.12 bits per heavy atom. The smallest absolute Gasteiger partial charge is 0.253 e. The van der Waals surface area contributed by atoms with Crippen molar-refractivity contribution < 1.29 is 4.79 Å². The van der Waals surface area contributed by atoms with Crippen molar-refractivity contribution in [2.24, 2.45) is 0 Å². The van der Waals surface area contributed by atoms with E-state index in [0.717, 1.165) is 43.9 Å². The number of piperidine rings is 1. The van der Waals surface area contributed by atoms with Gasteiger partial charge in [0, 0.05) is 31.4 Å². The van der Waals surface area contributed by atoms with Gasteiger partial charge in [-0.2, -0.15) is 0 Å². The molecule has 1 saturated heterocycles. The molecule has 0 atom stereocenters. The summed E-state index contributed by atoms with van der Waals surface area (Å²) in [5, 5.41) is 3.19. The second-order valence-corrected chi connectivity index (χ2v) is 7.04. The molecule has 1 N–H and O–H groups in total. The summed E-state index contributed by atoms with van der Waals surface area (Å²) < 4.78 is 0. The fraction of sp³-hybridized carbons (Fsp3) is 0.429. The molecule has 4 nitrogen and oxygen atoms in total. The van der Waals surface area contributed by atoms with E-state index in [1.165, 1.54) is 11.1 Å².